The minimum absolute atomic E-state index is 0.596. The Balaban J connectivity index is 2.45. The van der Waals surface area contributed by atoms with Gasteiger partial charge in [0.25, 0.3) is 0 Å². The van der Waals surface area contributed by atoms with Crippen molar-refractivity contribution in [1.82, 2.24) is 0 Å². The Morgan fingerprint density at radius 2 is 1.82 bits per heavy atom. The molecule has 0 atom stereocenters. The van der Waals surface area contributed by atoms with Crippen LogP contribution >= 0.6 is 0 Å². The van der Waals surface area contributed by atoms with Gasteiger partial charge in [-0.2, -0.15) is 0 Å². The number of aryl methyl sites for hydroxylation is 2. The molecule has 22 heavy (non-hydrogen) atoms. The van der Waals surface area contributed by atoms with Crippen LogP contribution in [0.1, 0.15) is 37.3 Å². The summed E-state index contributed by atoms with van der Waals surface area (Å²) < 4.78 is 11.6. The predicted octanol–water partition coefficient (Wildman–Crippen LogP) is 4.44. The maximum Gasteiger partial charge on any atom is 0.125 e. The lowest BCUT2D eigenvalue weighted by Crippen LogP contribution is -2.02. The molecule has 0 unspecified atom stereocenters. The Hall–Kier alpha value is -1.97. The number of oxime groups is 1. The van der Waals surface area contributed by atoms with Crippen LogP contribution in [-0.2, 0) is 4.84 Å². The molecule has 1 rings (SSSR count). The highest BCUT2D eigenvalue weighted by Gasteiger charge is 2.07. The maximum absolute atomic E-state index is 5.91. The van der Waals surface area contributed by atoms with E-state index >= 15 is 0 Å². The van der Waals surface area contributed by atoms with Crippen LogP contribution in [0.4, 0.5) is 0 Å². The van der Waals surface area contributed by atoms with Crippen molar-refractivity contribution in [3.63, 3.8) is 0 Å². The molecule has 0 aliphatic carbocycles. The van der Waals surface area contributed by atoms with Gasteiger partial charge in [0.1, 0.15) is 25.2 Å². The number of hydrogen-bond acceptors (Lipinski definition) is 4. The van der Waals surface area contributed by atoms with Gasteiger partial charge >= 0.3 is 0 Å². The Morgan fingerprint density at radius 3 is 2.45 bits per heavy atom. The second-order valence-corrected chi connectivity index (χ2v) is 5.08. The number of rotatable bonds is 10. The van der Waals surface area contributed by atoms with Crippen LogP contribution in [-0.4, -0.2) is 26.5 Å². The third-order valence-corrected chi connectivity index (χ3v) is 3.17. The zero-order valence-electron chi connectivity index (χ0n) is 14.1. The number of unbranched alkanes of at least 4 members (excludes halogenated alkanes) is 2. The highest BCUT2D eigenvalue weighted by molar-refractivity contribution is 5.56. The van der Waals surface area contributed by atoms with Crippen molar-refractivity contribution in [1.29, 1.82) is 0 Å². The van der Waals surface area contributed by atoms with E-state index in [1.165, 1.54) is 0 Å². The van der Waals surface area contributed by atoms with E-state index in [0.717, 1.165) is 41.9 Å². The minimum Gasteiger partial charge on any atom is -0.493 e. The van der Waals surface area contributed by atoms with Gasteiger partial charge in [0.2, 0.25) is 0 Å². The highest BCUT2D eigenvalue weighted by Crippen LogP contribution is 2.28. The van der Waals surface area contributed by atoms with E-state index in [2.05, 4.69) is 23.8 Å². The smallest absolute Gasteiger partial charge is 0.125 e. The lowest BCUT2D eigenvalue weighted by molar-refractivity contribution is 0.214. The van der Waals surface area contributed by atoms with Crippen molar-refractivity contribution in [2.45, 2.75) is 40.0 Å². The number of ether oxygens (including phenoxy) is 2. The van der Waals surface area contributed by atoms with E-state index in [4.69, 9.17) is 9.47 Å². The van der Waals surface area contributed by atoms with Gasteiger partial charge in [-0.1, -0.05) is 17.3 Å². The van der Waals surface area contributed by atoms with Crippen LogP contribution in [0.3, 0.4) is 0 Å². The molecule has 0 saturated heterocycles. The molecule has 0 heterocycles. The number of nitrogens with zero attached hydrogens (tertiary/aromatic N) is 1. The summed E-state index contributed by atoms with van der Waals surface area (Å²) in [6.07, 6.45) is 8.69. The molecule has 0 spiro atoms. The summed E-state index contributed by atoms with van der Waals surface area (Å²) in [6, 6.07) is 4.05. The van der Waals surface area contributed by atoms with Crippen LogP contribution in [0.5, 0.6) is 11.5 Å². The lowest BCUT2D eigenvalue weighted by atomic mass is 10.1. The molecule has 0 aromatic heterocycles. The molecule has 4 heteroatoms. The summed E-state index contributed by atoms with van der Waals surface area (Å²) in [5.74, 6) is 1.85. The van der Waals surface area contributed by atoms with Crippen LogP contribution < -0.4 is 9.47 Å². The fourth-order valence-corrected chi connectivity index (χ4v) is 2.10. The van der Waals surface area contributed by atoms with E-state index in [9.17, 15) is 0 Å². The highest BCUT2D eigenvalue weighted by atomic mass is 16.6. The van der Waals surface area contributed by atoms with Crippen molar-refractivity contribution >= 4 is 6.21 Å². The van der Waals surface area contributed by atoms with Gasteiger partial charge in [0.15, 0.2) is 0 Å². The predicted molar refractivity (Wildman–Crippen MR) is 91.1 cm³/mol. The molecular formula is C18H27NO3. The third-order valence-electron chi connectivity index (χ3n) is 3.17. The molecule has 0 amide bonds. The summed E-state index contributed by atoms with van der Waals surface area (Å²) >= 11 is 0. The molecule has 0 saturated carbocycles. The molecule has 0 radical (unpaired) electrons. The molecular weight excluding hydrogens is 278 g/mol. The van der Waals surface area contributed by atoms with Crippen LogP contribution in [0.25, 0.3) is 0 Å². The van der Waals surface area contributed by atoms with E-state index in [1.54, 1.807) is 13.3 Å². The molecule has 1 aromatic rings. The molecule has 0 fully saturated rings. The third kappa shape index (κ3) is 6.66. The van der Waals surface area contributed by atoms with Gasteiger partial charge in [-0.25, -0.2) is 0 Å². The summed E-state index contributed by atoms with van der Waals surface area (Å²) in [5, 5.41) is 3.71. The van der Waals surface area contributed by atoms with Crippen molar-refractivity contribution in [2.75, 3.05) is 20.3 Å². The first kappa shape index (κ1) is 18.1. The number of allylic oxidation sites excluding steroid dienone is 1. The fraction of sp³-hybridized carbons (Fsp3) is 0.500. The SMILES string of the molecule is C/C=C/COc1cc(C)c(OCCCC/C=N/OC)c(C)c1. The Bertz CT molecular complexity index is 472. The van der Waals surface area contributed by atoms with Crippen molar-refractivity contribution in [3.8, 4) is 11.5 Å². The molecule has 0 N–H and O–H groups in total. The standard InChI is InChI=1S/C18H27NO3/c1-5-6-11-21-17-13-15(2)18(16(3)14-17)22-12-9-7-8-10-19-20-4/h5-6,10,13-14H,7-9,11-12H2,1-4H3/b6-5+,19-10+. The first-order chi connectivity index (χ1) is 10.7. The van der Waals surface area contributed by atoms with Gasteiger partial charge in [0.05, 0.1) is 6.61 Å². The zero-order valence-corrected chi connectivity index (χ0v) is 14.1. The van der Waals surface area contributed by atoms with Gasteiger partial charge in [-0.3, -0.25) is 0 Å². The van der Waals surface area contributed by atoms with E-state index in [0.29, 0.717) is 13.2 Å². The van der Waals surface area contributed by atoms with Gasteiger partial charge in [0, 0.05) is 6.21 Å². The van der Waals surface area contributed by atoms with Crippen LogP contribution in [0.2, 0.25) is 0 Å². The second-order valence-electron chi connectivity index (χ2n) is 5.08. The molecule has 0 aliphatic rings. The summed E-state index contributed by atoms with van der Waals surface area (Å²) in [4.78, 5) is 4.62. The summed E-state index contributed by atoms with van der Waals surface area (Å²) in [7, 11) is 1.55. The van der Waals surface area contributed by atoms with Gasteiger partial charge < -0.3 is 14.3 Å². The summed E-state index contributed by atoms with van der Waals surface area (Å²) in [5.41, 5.74) is 2.22. The molecule has 0 aliphatic heterocycles. The van der Waals surface area contributed by atoms with Crippen molar-refractivity contribution in [3.05, 3.63) is 35.4 Å². The van der Waals surface area contributed by atoms with Crippen LogP contribution in [0, 0.1) is 13.8 Å². The molecule has 4 nitrogen and oxygen atoms in total. The van der Waals surface area contributed by atoms with Gasteiger partial charge in [-0.05, 0) is 63.3 Å². The Kier molecular flexibility index (Phi) is 8.80. The molecule has 122 valence electrons. The van der Waals surface area contributed by atoms with Crippen LogP contribution in [0.15, 0.2) is 29.4 Å². The van der Waals surface area contributed by atoms with E-state index < -0.39 is 0 Å². The number of hydrogen-bond donors (Lipinski definition) is 0. The minimum atomic E-state index is 0.596. The largest absolute Gasteiger partial charge is 0.493 e. The monoisotopic (exact) mass is 305 g/mol. The fourth-order valence-electron chi connectivity index (χ4n) is 2.10. The van der Waals surface area contributed by atoms with Crippen molar-refractivity contribution in [2.24, 2.45) is 5.16 Å². The summed E-state index contributed by atoms with van der Waals surface area (Å²) in [6.45, 7) is 7.39. The molecule has 0 bridgehead atoms. The topological polar surface area (TPSA) is 40.0 Å². The quantitative estimate of drug-likeness (QED) is 0.278. The first-order valence-corrected chi connectivity index (χ1v) is 7.72. The maximum atomic E-state index is 5.91. The average Bonchev–Trinajstić information content (AvgIpc) is 2.49. The zero-order chi connectivity index (χ0) is 16.2. The van der Waals surface area contributed by atoms with E-state index in [-0.39, 0.29) is 0 Å². The lowest BCUT2D eigenvalue weighted by Gasteiger charge is -2.14. The molecule has 1 aromatic carbocycles. The average molecular weight is 305 g/mol. The second kappa shape index (κ2) is 10.7. The Morgan fingerprint density at radius 1 is 1.09 bits per heavy atom. The van der Waals surface area contributed by atoms with Gasteiger partial charge in [-0.15, -0.1) is 0 Å². The first-order valence-electron chi connectivity index (χ1n) is 7.72. The van der Waals surface area contributed by atoms with Crippen molar-refractivity contribution < 1.29 is 14.3 Å². The Labute approximate surface area is 133 Å². The number of benzene rings is 1. The normalized spacial score (nSPS) is 11.3. The van der Waals surface area contributed by atoms with E-state index in [1.807, 2.05) is 31.2 Å².